The first kappa shape index (κ1) is 21.7. The normalized spacial score (nSPS) is 15.8. The van der Waals surface area contributed by atoms with Crippen molar-refractivity contribution in [3.8, 4) is 0 Å². The van der Waals surface area contributed by atoms with E-state index in [0.717, 1.165) is 21.3 Å². The Balaban J connectivity index is 1.78. The van der Waals surface area contributed by atoms with Gasteiger partial charge in [-0.15, -0.1) is 0 Å². The Morgan fingerprint density at radius 1 is 0.939 bits per heavy atom. The molecule has 0 aliphatic carbocycles. The average molecular weight is 502 g/mol. The second kappa shape index (κ2) is 7.70. The van der Waals surface area contributed by atoms with Crippen LogP contribution in [0.2, 0.25) is 0 Å². The van der Waals surface area contributed by atoms with Crippen LogP contribution in [0.25, 0.3) is 11.0 Å². The first-order valence-electron chi connectivity index (χ1n) is 10.9. The number of fused-ring (bicyclic) bond motifs is 2. The van der Waals surface area contributed by atoms with Gasteiger partial charge >= 0.3 is 0 Å². The average Bonchev–Trinajstić information content (AvgIpc) is 3.06. The highest BCUT2D eigenvalue weighted by Gasteiger charge is 2.43. The number of rotatable bonds is 2. The predicted molar refractivity (Wildman–Crippen MR) is 135 cm³/mol. The summed E-state index contributed by atoms with van der Waals surface area (Å²) in [4.78, 5) is 29.1. The van der Waals surface area contributed by atoms with Crippen LogP contribution in [0.4, 0.5) is 5.69 Å². The van der Waals surface area contributed by atoms with E-state index in [2.05, 4.69) is 48.8 Å². The van der Waals surface area contributed by atoms with Gasteiger partial charge in [0, 0.05) is 10.2 Å². The molecular weight excluding hydrogens is 478 g/mol. The summed E-state index contributed by atoms with van der Waals surface area (Å²) in [7, 11) is 0. The quantitative estimate of drug-likeness (QED) is 0.299. The molecule has 5 heteroatoms. The molecule has 0 radical (unpaired) electrons. The summed E-state index contributed by atoms with van der Waals surface area (Å²) in [5.74, 6) is -0.191. The van der Waals surface area contributed by atoms with Gasteiger partial charge in [0.05, 0.1) is 17.0 Å². The third-order valence-corrected chi connectivity index (χ3v) is 6.70. The zero-order chi connectivity index (χ0) is 23.5. The number of benzene rings is 3. The molecule has 3 aromatic carbocycles. The first-order valence-corrected chi connectivity index (χ1v) is 11.7. The number of hydrogen-bond donors (Lipinski definition) is 0. The maximum absolute atomic E-state index is 13.7. The van der Waals surface area contributed by atoms with Gasteiger partial charge in [0.2, 0.25) is 5.76 Å². The molecule has 1 aromatic heterocycles. The van der Waals surface area contributed by atoms with Crippen molar-refractivity contribution in [2.75, 3.05) is 4.90 Å². The van der Waals surface area contributed by atoms with Crippen LogP contribution in [-0.2, 0) is 5.41 Å². The third-order valence-electron chi connectivity index (χ3n) is 6.20. The lowest BCUT2D eigenvalue weighted by Gasteiger charge is -2.26. The minimum atomic E-state index is -0.567. The van der Waals surface area contributed by atoms with E-state index in [4.69, 9.17) is 4.42 Å². The zero-order valence-electron chi connectivity index (χ0n) is 19.0. The topological polar surface area (TPSA) is 50.5 Å². The molecule has 0 spiro atoms. The van der Waals surface area contributed by atoms with E-state index in [0.29, 0.717) is 16.5 Å². The molecule has 0 saturated heterocycles. The van der Waals surface area contributed by atoms with Gasteiger partial charge in [0.1, 0.15) is 5.58 Å². The van der Waals surface area contributed by atoms with Crippen molar-refractivity contribution in [1.82, 2.24) is 0 Å². The number of anilines is 1. The van der Waals surface area contributed by atoms with Crippen LogP contribution < -0.4 is 10.3 Å². The van der Waals surface area contributed by atoms with Crippen LogP contribution in [0.1, 0.15) is 59.6 Å². The zero-order valence-corrected chi connectivity index (χ0v) is 20.6. The van der Waals surface area contributed by atoms with E-state index < -0.39 is 6.04 Å². The van der Waals surface area contributed by atoms with Gasteiger partial charge in [-0.3, -0.25) is 14.5 Å². The summed E-state index contributed by atoms with van der Waals surface area (Å²) >= 11 is 3.44. The van der Waals surface area contributed by atoms with E-state index >= 15 is 0 Å². The molecule has 4 aromatic rings. The van der Waals surface area contributed by atoms with Gasteiger partial charge in [-0.05, 0) is 59.4 Å². The Morgan fingerprint density at radius 3 is 2.33 bits per heavy atom. The maximum atomic E-state index is 13.7. The monoisotopic (exact) mass is 501 g/mol. The number of amides is 1. The minimum absolute atomic E-state index is 0.000329. The van der Waals surface area contributed by atoms with Gasteiger partial charge in [0.15, 0.2) is 5.43 Å². The second-order valence-corrected chi connectivity index (χ2v) is 10.5. The highest BCUT2D eigenvalue weighted by Crippen LogP contribution is 2.42. The van der Waals surface area contributed by atoms with Crippen molar-refractivity contribution in [3.63, 3.8) is 0 Å². The first-order chi connectivity index (χ1) is 15.6. The van der Waals surface area contributed by atoms with Gasteiger partial charge in [-0.1, -0.05) is 73.1 Å². The van der Waals surface area contributed by atoms with Crippen LogP contribution in [0.3, 0.4) is 0 Å². The van der Waals surface area contributed by atoms with Crippen LogP contribution in [0.15, 0.2) is 80.4 Å². The SMILES string of the molecule is Cc1cccc(N2C(=O)c3oc4ccc(Br)cc4c(=O)c3C2c2ccc(C(C)(C)C)cc2)c1. The van der Waals surface area contributed by atoms with E-state index in [9.17, 15) is 9.59 Å². The molecule has 5 rings (SSSR count). The molecule has 33 heavy (non-hydrogen) atoms. The minimum Gasteiger partial charge on any atom is -0.450 e. The Labute approximate surface area is 201 Å². The number of nitrogens with zero attached hydrogens (tertiary/aromatic N) is 1. The molecule has 4 nitrogen and oxygen atoms in total. The molecule has 166 valence electrons. The molecule has 0 bridgehead atoms. The van der Waals surface area contributed by atoms with Gasteiger partial charge < -0.3 is 4.42 Å². The Morgan fingerprint density at radius 2 is 1.67 bits per heavy atom. The Hall–Kier alpha value is -3.18. The molecule has 0 N–H and O–H groups in total. The third kappa shape index (κ3) is 3.61. The highest BCUT2D eigenvalue weighted by molar-refractivity contribution is 9.10. The van der Waals surface area contributed by atoms with Crippen molar-refractivity contribution in [3.05, 3.63) is 109 Å². The van der Waals surface area contributed by atoms with Crippen molar-refractivity contribution in [1.29, 1.82) is 0 Å². The van der Waals surface area contributed by atoms with E-state index in [1.165, 1.54) is 5.56 Å². The number of halogens is 1. The smallest absolute Gasteiger partial charge is 0.295 e. The second-order valence-electron chi connectivity index (χ2n) is 9.60. The largest absolute Gasteiger partial charge is 0.450 e. The lowest BCUT2D eigenvalue weighted by Crippen LogP contribution is -2.29. The molecule has 1 aliphatic heterocycles. The van der Waals surface area contributed by atoms with Crippen molar-refractivity contribution >= 4 is 38.5 Å². The lowest BCUT2D eigenvalue weighted by molar-refractivity contribution is 0.0971. The van der Waals surface area contributed by atoms with Gasteiger partial charge in [-0.25, -0.2) is 0 Å². The molecule has 2 heterocycles. The van der Waals surface area contributed by atoms with Crippen molar-refractivity contribution < 1.29 is 9.21 Å². The molecule has 0 saturated carbocycles. The molecule has 1 aliphatic rings. The number of hydrogen-bond acceptors (Lipinski definition) is 3. The number of aryl methyl sites for hydroxylation is 1. The number of carbonyl (C=O) groups is 1. The van der Waals surface area contributed by atoms with Crippen molar-refractivity contribution in [2.24, 2.45) is 0 Å². The molecule has 1 amide bonds. The summed E-state index contributed by atoms with van der Waals surface area (Å²) in [6.45, 7) is 8.47. The van der Waals surface area contributed by atoms with Crippen LogP contribution in [-0.4, -0.2) is 5.91 Å². The summed E-state index contributed by atoms with van der Waals surface area (Å²) < 4.78 is 6.84. The highest BCUT2D eigenvalue weighted by atomic mass is 79.9. The van der Waals surface area contributed by atoms with Crippen molar-refractivity contribution in [2.45, 2.75) is 39.2 Å². The Bertz CT molecular complexity index is 1460. The predicted octanol–water partition coefficient (Wildman–Crippen LogP) is 6.91. The summed E-state index contributed by atoms with van der Waals surface area (Å²) in [6, 6.07) is 20.6. The van der Waals surface area contributed by atoms with Crippen LogP contribution in [0.5, 0.6) is 0 Å². The standard InChI is InChI=1S/C28H24BrNO3/c1-16-6-5-7-20(14-16)30-24(17-8-10-18(11-9-17)28(2,3)4)23-25(31)21-15-19(29)12-13-22(21)33-26(23)27(30)32/h5-15,24H,1-4H3. The molecular formula is C28H24BrNO3. The van der Waals surface area contributed by atoms with E-state index in [-0.39, 0.29) is 22.5 Å². The summed E-state index contributed by atoms with van der Waals surface area (Å²) in [5.41, 5.74) is 4.44. The Kier molecular flexibility index (Phi) is 5.05. The fraction of sp³-hybridized carbons (Fsp3) is 0.214. The lowest BCUT2D eigenvalue weighted by atomic mass is 9.86. The van der Waals surface area contributed by atoms with Crippen LogP contribution in [0, 0.1) is 6.92 Å². The summed E-state index contributed by atoms with van der Waals surface area (Å²) in [6.07, 6.45) is 0. The fourth-order valence-corrected chi connectivity index (χ4v) is 4.83. The van der Waals surface area contributed by atoms with Gasteiger partial charge in [-0.2, -0.15) is 0 Å². The number of carbonyl (C=O) groups excluding carboxylic acids is 1. The molecule has 0 fully saturated rings. The van der Waals surface area contributed by atoms with E-state index in [1.807, 2.05) is 43.3 Å². The fourth-order valence-electron chi connectivity index (χ4n) is 4.47. The molecule has 1 unspecified atom stereocenters. The van der Waals surface area contributed by atoms with Crippen LogP contribution >= 0.6 is 15.9 Å². The van der Waals surface area contributed by atoms with E-state index in [1.54, 1.807) is 23.1 Å². The molecule has 1 atom stereocenters. The maximum Gasteiger partial charge on any atom is 0.295 e. The summed E-state index contributed by atoms with van der Waals surface area (Å²) in [5, 5.41) is 0.457. The van der Waals surface area contributed by atoms with Gasteiger partial charge in [0.25, 0.3) is 5.91 Å².